The van der Waals surface area contributed by atoms with Gasteiger partial charge in [0.2, 0.25) is 0 Å². The Labute approximate surface area is 105 Å². The molecule has 0 aromatic rings. The number of hydrogen-bond donors (Lipinski definition) is 1. The van der Waals surface area contributed by atoms with E-state index < -0.39 is 0 Å². The second-order valence-corrected chi connectivity index (χ2v) is 4.55. The topological polar surface area (TPSA) is 39.7 Å². The van der Waals surface area contributed by atoms with Gasteiger partial charge in [0.15, 0.2) is 0 Å². The summed E-state index contributed by atoms with van der Waals surface area (Å²) in [6, 6.07) is 0. The minimum Gasteiger partial charge on any atom is -0.382 e. The maximum absolute atomic E-state index is 5.43. The van der Waals surface area contributed by atoms with Crippen LogP contribution in [-0.4, -0.2) is 53.2 Å². The molecular formula is C13H27NO3. The molecule has 4 heteroatoms. The molecule has 4 nitrogen and oxygen atoms in total. The first-order valence-corrected chi connectivity index (χ1v) is 6.78. The van der Waals surface area contributed by atoms with E-state index in [0.717, 1.165) is 25.6 Å². The van der Waals surface area contributed by atoms with Gasteiger partial charge < -0.3 is 19.5 Å². The molecular weight excluding hydrogens is 218 g/mol. The third kappa shape index (κ3) is 8.55. The average Bonchev–Trinajstić information content (AvgIpc) is 2.28. The van der Waals surface area contributed by atoms with E-state index in [9.17, 15) is 0 Å². The van der Waals surface area contributed by atoms with Crippen LogP contribution >= 0.6 is 0 Å². The van der Waals surface area contributed by atoms with Crippen molar-refractivity contribution in [1.29, 1.82) is 0 Å². The van der Waals surface area contributed by atoms with Gasteiger partial charge in [0.1, 0.15) is 0 Å². The van der Waals surface area contributed by atoms with Crippen molar-refractivity contribution in [3.63, 3.8) is 0 Å². The van der Waals surface area contributed by atoms with Crippen molar-refractivity contribution in [3.8, 4) is 0 Å². The summed E-state index contributed by atoms with van der Waals surface area (Å²) in [7, 11) is 1.68. The molecule has 0 saturated heterocycles. The first-order valence-electron chi connectivity index (χ1n) is 6.78. The molecule has 0 amide bonds. The number of ether oxygens (including phenoxy) is 3. The van der Waals surface area contributed by atoms with Gasteiger partial charge in [0.05, 0.1) is 33.0 Å². The van der Waals surface area contributed by atoms with Crippen LogP contribution in [0.1, 0.15) is 25.7 Å². The van der Waals surface area contributed by atoms with Gasteiger partial charge in [0.25, 0.3) is 0 Å². The smallest absolute Gasteiger partial charge is 0.0701 e. The molecule has 0 atom stereocenters. The molecule has 1 rings (SSSR count). The van der Waals surface area contributed by atoms with Crippen LogP contribution in [-0.2, 0) is 14.2 Å². The van der Waals surface area contributed by atoms with Crippen molar-refractivity contribution >= 4 is 0 Å². The highest BCUT2D eigenvalue weighted by molar-refractivity contribution is 4.70. The molecule has 17 heavy (non-hydrogen) atoms. The van der Waals surface area contributed by atoms with E-state index in [-0.39, 0.29) is 0 Å². The van der Waals surface area contributed by atoms with Crippen LogP contribution in [0.2, 0.25) is 0 Å². The highest BCUT2D eigenvalue weighted by atomic mass is 16.5. The lowest BCUT2D eigenvalue weighted by Gasteiger charge is -2.25. The van der Waals surface area contributed by atoms with E-state index in [2.05, 4.69) is 5.32 Å². The molecule has 1 saturated carbocycles. The highest BCUT2D eigenvalue weighted by Crippen LogP contribution is 2.28. The molecule has 0 aromatic heterocycles. The molecule has 0 aliphatic heterocycles. The van der Waals surface area contributed by atoms with Crippen molar-refractivity contribution in [2.75, 3.05) is 53.2 Å². The van der Waals surface area contributed by atoms with E-state index in [0.29, 0.717) is 26.4 Å². The monoisotopic (exact) mass is 245 g/mol. The van der Waals surface area contributed by atoms with Crippen molar-refractivity contribution < 1.29 is 14.2 Å². The third-order valence-electron chi connectivity index (χ3n) is 3.18. The second-order valence-electron chi connectivity index (χ2n) is 4.55. The van der Waals surface area contributed by atoms with Crippen LogP contribution in [0.15, 0.2) is 0 Å². The summed E-state index contributed by atoms with van der Waals surface area (Å²) in [6.45, 7) is 5.50. The van der Waals surface area contributed by atoms with Gasteiger partial charge in [-0.15, -0.1) is 0 Å². The van der Waals surface area contributed by atoms with Crippen LogP contribution in [0.3, 0.4) is 0 Å². The van der Waals surface area contributed by atoms with Crippen LogP contribution < -0.4 is 5.32 Å². The molecule has 1 N–H and O–H groups in total. The van der Waals surface area contributed by atoms with Gasteiger partial charge >= 0.3 is 0 Å². The van der Waals surface area contributed by atoms with E-state index in [1.165, 1.54) is 25.7 Å². The fraction of sp³-hybridized carbons (Fsp3) is 1.00. The van der Waals surface area contributed by atoms with Crippen molar-refractivity contribution in [2.45, 2.75) is 25.7 Å². The zero-order valence-corrected chi connectivity index (χ0v) is 11.1. The van der Waals surface area contributed by atoms with Crippen LogP contribution in [0.5, 0.6) is 0 Å². The van der Waals surface area contributed by atoms with Crippen LogP contribution in [0.4, 0.5) is 0 Å². The minimum absolute atomic E-state index is 0.652. The Morgan fingerprint density at radius 1 is 0.941 bits per heavy atom. The lowest BCUT2D eigenvalue weighted by Crippen LogP contribution is -2.25. The SMILES string of the molecule is COCCOCCOCCNCCC1CCC1. The van der Waals surface area contributed by atoms with Crippen molar-refractivity contribution in [1.82, 2.24) is 5.32 Å². The largest absolute Gasteiger partial charge is 0.382 e. The standard InChI is InChI=1S/C13H27NO3/c1-15-9-10-17-12-11-16-8-7-14-6-5-13-3-2-4-13/h13-14H,2-12H2,1H3. The third-order valence-corrected chi connectivity index (χ3v) is 3.18. The van der Waals surface area contributed by atoms with Crippen molar-refractivity contribution in [2.24, 2.45) is 5.92 Å². The predicted octanol–water partition coefficient (Wildman–Crippen LogP) is 1.45. The second kappa shape index (κ2) is 11.0. The van der Waals surface area contributed by atoms with Crippen LogP contribution in [0.25, 0.3) is 0 Å². The first-order chi connectivity index (χ1) is 8.43. The fourth-order valence-electron chi connectivity index (χ4n) is 1.82. The summed E-state index contributed by atoms with van der Waals surface area (Å²) in [5.74, 6) is 0.998. The molecule has 0 aromatic carbocycles. The summed E-state index contributed by atoms with van der Waals surface area (Å²) < 4.78 is 15.6. The minimum atomic E-state index is 0.652. The fourth-order valence-corrected chi connectivity index (χ4v) is 1.82. The lowest BCUT2D eigenvalue weighted by atomic mass is 9.83. The molecule has 0 unspecified atom stereocenters. The van der Waals surface area contributed by atoms with Gasteiger partial charge in [-0.3, -0.25) is 0 Å². The Morgan fingerprint density at radius 3 is 2.29 bits per heavy atom. The molecule has 0 spiro atoms. The zero-order chi connectivity index (χ0) is 12.2. The van der Waals surface area contributed by atoms with E-state index in [1.807, 2.05) is 0 Å². The number of rotatable bonds is 12. The quantitative estimate of drug-likeness (QED) is 0.528. The Bertz CT molecular complexity index is 163. The summed E-state index contributed by atoms with van der Waals surface area (Å²) in [5.41, 5.74) is 0. The maximum atomic E-state index is 5.43. The summed E-state index contributed by atoms with van der Waals surface area (Å²) in [4.78, 5) is 0. The normalized spacial score (nSPS) is 16.1. The Morgan fingerprint density at radius 2 is 1.65 bits per heavy atom. The zero-order valence-electron chi connectivity index (χ0n) is 11.1. The molecule has 0 heterocycles. The molecule has 102 valence electrons. The molecule has 1 fully saturated rings. The first kappa shape index (κ1) is 14.9. The van der Waals surface area contributed by atoms with Gasteiger partial charge in [-0.05, 0) is 18.9 Å². The average molecular weight is 245 g/mol. The van der Waals surface area contributed by atoms with E-state index in [1.54, 1.807) is 7.11 Å². The van der Waals surface area contributed by atoms with Crippen LogP contribution in [0, 0.1) is 5.92 Å². The molecule has 0 radical (unpaired) electrons. The predicted molar refractivity (Wildman–Crippen MR) is 68.3 cm³/mol. The summed E-state index contributed by atoms with van der Waals surface area (Å²) in [6.07, 6.45) is 5.66. The Kier molecular flexibility index (Phi) is 9.61. The van der Waals surface area contributed by atoms with Gasteiger partial charge in [-0.25, -0.2) is 0 Å². The Balaban J connectivity index is 1.64. The number of nitrogens with one attached hydrogen (secondary N) is 1. The maximum Gasteiger partial charge on any atom is 0.0701 e. The summed E-state index contributed by atoms with van der Waals surface area (Å²) >= 11 is 0. The number of methoxy groups -OCH3 is 1. The van der Waals surface area contributed by atoms with Gasteiger partial charge in [-0.2, -0.15) is 0 Å². The lowest BCUT2D eigenvalue weighted by molar-refractivity contribution is 0.0255. The molecule has 1 aliphatic rings. The Hall–Kier alpha value is -0.160. The molecule has 1 aliphatic carbocycles. The number of hydrogen-bond acceptors (Lipinski definition) is 4. The van der Waals surface area contributed by atoms with E-state index in [4.69, 9.17) is 14.2 Å². The highest BCUT2D eigenvalue weighted by Gasteiger charge is 2.15. The van der Waals surface area contributed by atoms with Gasteiger partial charge in [-0.1, -0.05) is 19.3 Å². The van der Waals surface area contributed by atoms with Gasteiger partial charge in [0, 0.05) is 13.7 Å². The van der Waals surface area contributed by atoms with E-state index >= 15 is 0 Å². The van der Waals surface area contributed by atoms with Crippen molar-refractivity contribution in [3.05, 3.63) is 0 Å². The molecule has 0 bridgehead atoms. The summed E-state index contributed by atoms with van der Waals surface area (Å²) in [5, 5.41) is 3.41.